The number of carbonyl (C=O) groups excluding carboxylic acids is 2. The number of fused-ring (bicyclic) bond motifs is 1. The maximum absolute atomic E-state index is 13.5. The van der Waals surface area contributed by atoms with Gasteiger partial charge in [-0.1, -0.05) is 92.7 Å². The number of carbonyl (C=O) groups is 2. The van der Waals surface area contributed by atoms with Crippen LogP contribution in [0.5, 0.6) is 0 Å². The van der Waals surface area contributed by atoms with Crippen molar-refractivity contribution < 1.29 is 9.59 Å². The zero-order valence-electron chi connectivity index (χ0n) is 19.6. The van der Waals surface area contributed by atoms with E-state index in [1.807, 2.05) is 98.9 Å². The molecule has 5 nitrogen and oxygen atoms in total. The van der Waals surface area contributed by atoms with Gasteiger partial charge in [-0.3, -0.25) is 9.59 Å². The maximum atomic E-state index is 13.5. The van der Waals surface area contributed by atoms with Crippen LogP contribution < -0.4 is 10.6 Å². The highest BCUT2D eigenvalue weighted by molar-refractivity contribution is 5.92. The van der Waals surface area contributed by atoms with Crippen molar-refractivity contribution in [1.29, 1.82) is 0 Å². The van der Waals surface area contributed by atoms with E-state index in [9.17, 15) is 9.59 Å². The first kappa shape index (κ1) is 23.3. The van der Waals surface area contributed by atoms with Crippen molar-refractivity contribution in [1.82, 2.24) is 15.6 Å². The van der Waals surface area contributed by atoms with E-state index >= 15 is 0 Å². The van der Waals surface area contributed by atoms with E-state index in [2.05, 4.69) is 21.7 Å². The second kappa shape index (κ2) is 10.8. The van der Waals surface area contributed by atoms with Gasteiger partial charge in [-0.25, -0.2) is 0 Å². The first-order valence-corrected chi connectivity index (χ1v) is 11.8. The van der Waals surface area contributed by atoms with Crippen molar-refractivity contribution in [3.05, 3.63) is 108 Å². The molecule has 0 radical (unpaired) electrons. The van der Waals surface area contributed by atoms with Gasteiger partial charge in [0.25, 0.3) is 0 Å². The highest BCUT2D eigenvalue weighted by Gasteiger charge is 2.29. The van der Waals surface area contributed by atoms with E-state index in [-0.39, 0.29) is 17.7 Å². The molecule has 1 unspecified atom stereocenters. The van der Waals surface area contributed by atoms with Crippen LogP contribution in [0.15, 0.2) is 91.1 Å². The molecular weight excluding hydrogens is 422 g/mol. The van der Waals surface area contributed by atoms with Gasteiger partial charge in [0.2, 0.25) is 11.8 Å². The molecule has 0 saturated carbocycles. The molecule has 5 heteroatoms. The number of amides is 2. The fourth-order valence-electron chi connectivity index (χ4n) is 4.33. The highest BCUT2D eigenvalue weighted by atomic mass is 16.2. The molecular formula is C29H31N3O2. The summed E-state index contributed by atoms with van der Waals surface area (Å²) in [6, 6.07) is 26.9. The molecule has 0 spiro atoms. The molecule has 0 aliphatic carbocycles. The van der Waals surface area contributed by atoms with E-state index in [0.717, 1.165) is 22.2 Å². The average molecular weight is 454 g/mol. The quantitative estimate of drug-likeness (QED) is 0.341. The molecule has 3 N–H and O–H groups in total. The summed E-state index contributed by atoms with van der Waals surface area (Å²) in [6.45, 7) is 4.40. The molecule has 1 heterocycles. The number of para-hydroxylation sites is 1. The lowest BCUT2D eigenvalue weighted by molar-refractivity contribution is -0.130. The fourth-order valence-corrected chi connectivity index (χ4v) is 4.33. The minimum Gasteiger partial charge on any atom is -0.361 e. The summed E-state index contributed by atoms with van der Waals surface area (Å²) in [5.74, 6) is -0.877. The number of hydrogen-bond acceptors (Lipinski definition) is 2. The first-order chi connectivity index (χ1) is 16.5. The van der Waals surface area contributed by atoms with E-state index in [4.69, 9.17) is 0 Å². The Balaban J connectivity index is 1.44. The van der Waals surface area contributed by atoms with Crippen LogP contribution in [0.2, 0.25) is 0 Å². The molecule has 0 bridgehead atoms. The summed E-state index contributed by atoms with van der Waals surface area (Å²) in [7, 11) is 0. The summed E-state index contributed by atoms with van der Waals surface area (Å²) in [5.41, 5.74) is 4.04. The Morgan fingerprint density at radius 3 is 2.00 bits per heavy atom. The number of H-pyrrole nitrogens is 1. The van der Waals surface area contributed by atoms with Crippen molar-refractivity contribution in [2.24, 2.45) is 5.92 Å². The lowest BCUT2D eigenvalue weighted by Gasteiger charge is -2.25. The zero-order valence-corrected chi connectivity index (χ0v) is 19.6. The number of rotatable bonds is 9. The second-order valence-electron chi connectivity index (χ2n) is 8.89. The predicted octanol–water partition coefficient (Wildman–Crippen LogP) is 4.80. The zero-order chi connectivity index (χ0) is 23.9. The van der Waals surface area contributed by atoms with Crippen molar-refractivity contribution in [2.45, 2.75) is 32.2 Å². The minimum absolute atomic E-state index is 0.0516. The van der Waals surface area contributed by atoms with Crippen molar-refractivity contribution in [3.63, 3.8) is 0 Å². The summed E-state index contributed by atoms with van der Waals surface area (Å²) >= 11 is 0. The van der Waals surface area contributed by atoms with Gasteiger partial charge in [0.05, 0.1) is 5.92 Å². The highest BCUT2D eigenvalue weighted by Crippen LogP contribution is 2.25. The lowest BCUT2D eigenvalue weighted by atomic mass is 9.89. The topological polar surface area (TPSA) is 74.0 Å². The molecule has 2 amide bonds. The van der Waals surface area contributed by atoms with Crippen LogP contribution in [0, 0.1) is 5.92 Å². The van der Waals surface area contributed by atoms with E-state index in [1.54, 1.807) is 0 Å². The van der Waals surface area contributed by atoms with Crippen molar-refractivity contribution in [3.8, 4) is 0 Å². The van der Waals surface area contributed by atoms with Gasteiger partial charge >= 0.3 is 0 Å². The largest absolute Gasteiger partial charge is 0.361 e. The molecule has 0 aliphatic rings. The van der Waals surface area contributed by atoms with Crippen molar-refractivity contribution >= 4 is 22.7 Å². The van der Waals surface area contributed by atoms with Crippen LogP contribution in [-0.4, -0.2) is 29.4 Å². The van der Waals surface area contributed by atoms with Gasteiger partial charge in [-0.15, -0.1) is 0 Å². The Kier molecular flexibility index (Phi) is 7.43. The lowest BCUT2D eigenvalue weighted by Crippen LogP contribution is -2.51. The third kappa shape index (κ3) is 5.37. The van der Waals surface area contributed by atoms with Crippen LogP contribution in [-0.2, 0) is 16.0 Å². The molecule has 4 aromatic rings. The molecule has 1 atom stereocenters. The molecule has 1 aromatic heterocycles. The SMILES string of the molecule is CC(C)C(NC(=O)C(c1ccccc1)c1ccccc1)C(=O)NCCc1c[nH]c2ccccc12. The molecule has 0 saturated heterocycles. The van der Waals surface area contributed by atoms with Crippen LogP contribution in [0.25, 0.3) is 10.9 Å². The van der Waals surface area contributed by atoms with Gasteiger partial charge in [0.1, 0.15) is 6.04 Å². The Morgan fingerprint density at radius 2 is 1.38 bits per heavy atom. The van der Waals surface area contributed by atoms with Crippen LogP contribution in [0.1, 0.15) is 36.5 Å². The fraction of sp³-hybridized carbons (Fsp3) is 0.241. The van der Waals surface area contributed by atoms with Crippen molar-refractivity contribution in [2.75, 3.05) is 6.54 Å². The normalized spacial score (nSPS) is 12.1. The summed E-state index contributed by atoms with van der Waals surface area (Å²) in [5, 5.41) is 7.22. The van der Waals surface area contributed by atoms with Gasteiger partial charge in [-0.2, -0.15) is 0 Å². The van der Waals surface area contributed by atoms with E-state index in [1.165, 1.54) is 5.39 Å². The molecule has 0 fully saturated rings. The average Bonchev–Trinajstić information content (AvgIpc) is 3.27. The smallest absolute Gasteiger partial charge is 0.242 e. The van der Waals surface area contributed by atoms with Crippen LogP contribution in [0.4, 0.5) is 0 Å². The third-order valence-electron chi connectivity index (χ3n) is 6.14. The van der Waals surface area contributed by atoms with Gasteiger partial charge in [0.15, 0.2) is 0 Å². The Bertz CT molecular complexity index is 1190. The number of aromatic nitrogens is 1. The van der Waals surface area contributed by atoms with Gasteiger partial charge in [0, 0.05) is 23.6 Å². The number of aromatic amines is 1. The van der Waals surface area contributed by atoms with Crippen LogP contribution >= 0.6 is 0 Å². The predicted molar refractivity (Wildman–Crippen MR) is 137 cm³/mol. The van der Waals surface area contributed by atoms with Crippen LogP contribution in [0.3, 0.4) is 0 Å². The standard InChI is InChI=1S/C29H31N3O2/c1-20(2)27(29(34)30-18-17-23-19-31-25-16-10-9-15-24(23)25)32-28(33)26(21-11-5-3-6-12-21)22-13-7-4-8-14-22/h3-16,19-20,26-27,31H,17-18H2,1-2H3,(H,30,34)(H,32,33). The maximum Gasteiger partial charge on any atom is 0.242 e. The summed E-state index contributed by atoms with van der Waals surface area (Å²) in [4.78, 5) is 29.8. The third-order valence-corrected chi connectivity index (χ3v) is 6.14. The Hall–Kier alpha value is -3.86. The van der Waals surface area contributed by atoms with E-state index < -0.39 is 12.0 Å². The number of hydrogen-bond donors (Lipinski definition) is 3. The first-order valence-electron chi connectivity index (χ1n) is 11.8. The summed E-state index contributed by atoms with van der Waals surface area (Å²) < 4.78 is 0. The number of benzene rings is 3. The van der Waals surface area contributed by atoms with E-state index in [0.29, 0.717) is 13.0 Å². The Morgan fingerprint density at radius 1 is 0.794 bits per heavy atom. The molecule has 0 aliphatic heterocycles. The summed E-state index contributed by atoms with van der Waals surface area (Å²) in [6.07, 6.45) is 2.70. The molecule has 34 heavy (non-hydrogen) atoms. The van der Waals surface area contributed by atoms with Gasteiger partial charge < -0.3 is 15.6 Å². The molecule has 174 valence electrons. The molecule has 3 aromatic carbocycles. The monoisotopic (exact) mass is 453 g/mol. The Labute approximate surface area is 200 Å². The minimum atomic E-state index is -0.620. The second-order valence-corrected chi connectivity index (χ2v) is 8.89. The molecule has 4 rings (SSSR count). The van der Waals surface area contributed by atoms with Gasteiger partial charge in [-0.05, 0) is 35.1 Å². The number of nitrogens with one attached hydrogen (secondary N) is 3.